The number of rotatable bonds is 11. The smallest absolute Gasteiger partial charge is 0.320 e. The van der Waals surface area contributed by atoms with Crippen LogP contribution in [0.1, 0.15) is 13.8 Å². The number of esters is 1. The molecule has 0 aliphatic rings. The van der Waals surface area contributed by atoms with Gasteiger partial charge in [0.1, 0.15) is 6.61 Å². The zero-order chi connectivity index (χ0) is 14.7. The molecule has 0 atom stereocenters. The van der Waals surface area contributed by atoms with E-state index in [4.69, 9.17) is 14.2 Å². The number of Topliss-reactive ketones (excluding diaryl/α,β-unsaturated/α-hetero) is 1. The highest BCUT2D eigenvalue weighted by molar-refractivity contribution is 5.84. The van der Waals surface area contributed by atoms with Crippen LogP contribution in [0.5, 0.6) is 0 Å². The van der Waals surface area contributed by atoms with Gasteiger partial charge in [-0.2, -0.15) is 0 Å². The Balaban J connectivity index is 4.03. The zero-order valence-electron chi connectivity index (χ0n) is 12.3. The Kier molecular flexibility index (Phi) is 10.3. The van der Waals surface area contributed by atoms with Crippen LogP contribution in [0, 0.1) is 5.92 Å². The van der Waals surface area contributed by atoms with E-state index < -0.39 is 5.97 Å². The minimum Gasteiger partial charge on any atom is -0.457 e. The molecule has 0 spiro atoms. The van der Waals surface area contributed by atoms with E-state index in [0.717, 1.165) is 0 Å². The van der Waals surface area contributed by atoms with Gasteiger partial charge >= 0.3 is 5.97 Å². The molecule has 0 aliphatic heterocycles. The Hall–Kier alpha value is -0.980. The SMILES string of the molecule is COCCN(CCOC)CC(=O)OCC(=O)C(C)C. The Bertz CT molecular complexity index is 260. The van der Waals surface area contributed by atoms with Crippen LogP contribution in [0.25, 0.3) is 0 Å². The molecule has 0 heterocycles. The third-order valence-electron chi connectivity index (χ3n) is 2.60. The summed E-state index contributed by atoms with van der Waals surface area (Å²) in [6, 6.07) is 0. The summed E-state index contributed by atoms with van der Waals surface area (Å²) in [7, 11) is 3.21. The normalized spacial score (nSPS) is 11.1. The largest absolute Gasteiger partial charge is 0.457 e. The zero-order valence-corrected chi connectivity index (χ0v) is 12.3. The molecule has 0 rings (SSSR count). The van der Waals surface area contributed by atoms with Gasteiger partial charge in [0.2, 0.25) is 0 Å². The van der Waals surface area contributed by atoms with Gasteiger partial charge in [-0.25, -0.2) is 0 Å². The van der Waals surface area contributed by atoms with E-state index in [1.807, 2.05) is 4.90 Å². The minimum atomic E-state index is -0.402. The first-order chi connectivity index (χ1) is 9.01. The Labute approximate surface area is 115 Å². The van der Waals surface area contributed by atoms with Crippen molar-refractivity contribution in [2.75, 3.05) is 53.7 Å². The summed E-state index contributed by atoms with van der Waals surface area (Å²) in [5.41, 5.74) is 0. The predicted octanol–water partition coefficient (Wildman–Crippen LogP) is 0.350. The van der Waals surface area contributed by atoms with Gasteiger partial charge in [0, 0.05) is 33.2 Å². The average molecular weight is 275 g/mol. The first-order valence-corrected chi connectivity index (χ1v) is 6.39. The molecule has 6 nitrogen and oxygen atoms in total. The maximum atomic E-state index is 11.6. The lowest BCUT2D eigenvalue weighted by Gasteiger charge is -2.20. The summed E-state index contributed by atoms with van der Waals surface area (Å²) in [6.07, 6.45) is 0. The molecule has 0 radical (unpaired) electrons. The van der Waals surface area contributed by atoms with Gasteiger partial charge in [0.25, 0.3) is 0 Å². The molecule has 19 heavy (non-hydrogen) atoms. The van der Waals surface area contributed by atoms with Crippen LogP contribution in [0.2, 0.25) is 0 Å². The van der Waals surface area contributed by atoms with Crippen LogP contribution in [0.4, 0.5) is 0 Å². The minimum absolute atomic E-state index is 0.0753. The fourth-order valence-corrected chi connectivity index (χ4v) is 1.26. The van der Waals surface area contributed by atoms with Crippen LogP contribution in [0.15, 0.2) is 0 Å². The summed E-state index contributed by atoms with van der Waals surface area (Å²) in [6.45, 7) is 5.83. The Morgan fingerprint density at radius 2 is 1.58 bits per heavy atom. The number of ether oxygens (including phenoxy) is 3. The van der Waals surface area contributed by atoms with Crippen molar-refractivity contribution in [3.8, 4) is 0 Å². The van der Waals surface area contributed by atoms with E-state index in [-0.39, 0.29) is 24.9 Å². The summed E-state index contributed by atoms with van der Waals surface area (Å²) in [5.74, 6) is -0.597. The van der Waals surface area contributed by atoms with Crippen molar-refractivity contribution in [3.05, 3.63) is 0 Å². The molecule has 0 saturated heterocycles. The molecule has 6 heteroatoms. The second kappa shape index (κ2) is 10.9. The first-order valence-electron chi connectivity index (χ1n) is 6.39. The summed E-state index contributed by atoms with van der Waals surface area (Å²) < 4.78 is 14.9. The number of ketones is 1. The molecule has 0 aromatic carbocycles. The summed E-state index contributed by atoms with van der Waals surface area (Å²) in [4.78, 5) is 24.8. The van der Waals surface area contributed by atoms with Gasteiger partial charge in [-0.1, -0.05) is 13.8 Å². The summed E-state index contributed by atoms with van der Waals surface area (Å²) >= 11 is 0. The van der Waals surface area contributed by atoms with Gasteiger partial charge in [-0.15, -0.1) is 0 Å². The van der Waals surface area contributed by atoms with Crippen molar-refractivity contribution in [2.45, 2.75) is 13.8 Å². The molecule has 0 saturated carbocycles. The van der Waals surface area contributed by atoms with Crippen molar-refractivity contribution in [3.63, 3.8) is 0 Å². The van der Waals surface area contributed by atoms with Gasteiger partial charge < -0.3 is 14.2 Å². The number of nitrogens with zero attached hydrogens (tertiary/aromatic N) is 1. The van der Waals surface area contributed by atoms with Crippen molar-refractivity contribution in [1.82, 2.24) is 4.90 Å². The fraction of sp³-hybridized carbons (Fsp3) is 0.846. The number of carbonyl (C=O) groups is 2. The van der Waals surface area contributed by atoms with Gasteiger partial charge in [-0.3, -0.25) is 14.5 Å². The fourth-order valence-electron chi connectivity index (χ4n) is 1.26. The van der Waals surface area contributed by atoms with Crippen molar-refractivity contribution >= 4 is 11.8 Å². The van der Waals surface area contributed by atoms with Crippen LogP contribution < -0.4 is 0 Å². The quantitative estimate of drug-likeness (QED) is 0.507. The molecule has 0 aromatic rings. The number of hydrogen-bond acceptors (Lipinski definition) is 6. The first kappa shape index (κ1) is 18.0. The monoisotopic (exact) mass is 275 g/mol. The van der Waals surface area contributed by atoms with E-state index in [1.165, 1.54) is 0 Å². The number of methoxy groups -OCH3 is 2. The van der Waals surface area contributed by atoms with E-state index in [1.54, 1.807) is 28.1 Å². The van der Waals surface area contributed by atoms with Crippen LogP contribution in [0.3, 0.4) is 0 Å². The molecule has 0 amide bonds. The molecule has 0 bridgehead atoms. The Morgan fingerprint density at radius 3 is 2.00 bits per heavy atom. The third kappa shape index (κ3) is 9.58. The number of carbonyl (C=O) groups excluding carboxylic acids is 2. The highest BCUT2D eigenvalue weighted by Gasteiger charge is 2.14. The molecule has 0 aromatic heterocycles. The highest BCUT2D eigenvalue weighted by atomic mass is 16.5. The summed E-state index contributed by atoms with van der Waals surface area (Å²) in [5, 5.41) is 0. The highest BCUT2D eigenvalue weighted by Crippen LogP contribution is 1.96. The van der Waals surface area contributed by atoms with Gasteiger partial charge in [-0.05, 0) is 0 Å². The van der Waals surface area contributed by atoms with Gasteiger partial charge in [0.15, 0.2) is 5.78 Å². The maximum absolute atomic E-state index is 11.6. The average Bonchev–Trinajstić information content (AvgIpc) is 2.38. The third-order valence-corrected chi connectivity index (χ3v) is 2.60. The number of hydrogen-bond donors (Lipinski definition) is 0. The standard InChI is InChI=1S/C13H25NO5/c1-11(2)12(15)10-19-13(16)9-14(5-7-17-3)6-8-18-4/h11H,5-10H2,1-4H3. The van der Waals surface area contributed by atoms with Gasteiger partial charge in [0.05, 0.1) is 19.8 Å². The van der Waals surface area contributed by atoms with E-state index in [0.29, 0.717) is 26.3 Å². The molecule has 0 N–H and O–H groups in total. The van der Waals surface area contributed by atoms with Crippen molar-refractivity contribution in [1.29, 1.82) is 0 Å². The second-order valence-corrected chi connectivity index (χ2v) is 4.54. The van der Waals surface area contributed by atoms with Crippen LogP contribution in [-0.4, -0.2) is 70.3 Å². The Morgan fingerprint density at radius 1 is 1.05 bits per heavy atom. The molecular weight excluding hydrogens is 250 g/mol. The maximum Gasteiger partial charge on any atom is 0.320 e. The molecule has 0 fully saturated rings. The topological polar surface area (TPSA) is 65.1 Å². The van der Waals surface area contributed by atoms with E-state index in [9.17, 15) is 9.59 Å². The lowest BCUT2D eigenvalue weighted by atomic mass is 10.1. The molecule has 0 unspecified atom stereocenters. The van der Waals surface area contributed by atoms with Crippen molar-refractivity contribution in [2.24, 2.45) is 5.92 Å². The van der Waals surface area contributed by atoms with E-state index in [2.05, 4.69) is 0 Å². The van der Waals surface area contributed by atoms with E-state index >= 15 is 0 Å². The second-order valence-electron chi connectivity index (χ2n) is 4.54. The van der Waals surface area contributed by atoms with Crippen LogP contribution in [-0.2, 0) is 23.8 Å². The lowest BCUT2D eigenvalue weighted by Crippen LogP contribution is -2.36. The van der Waals surface area contributed by atoms with Crippen molar-refractivity contribution < 1.29 is 23.8 Å². The predicted molar refractivity (Wildman–Crippen MR) is 71.0 cm³/mol. The van der Waals surface area contributed by atoms with Crippen LogP contribution >= 0.6 is 0 Å². The molecule has 112 valence electrons. The molecular formula is C13H25NO5. The lowest BCUT2D eigenvalue weighted by molar-refractivity contribution is -0.150. The molecule has 0 aliphatic carbocycles.